The lowest BCUT2D eigenvalue weighted by molar-refractivity contribution is 0.372. The molecule has 11 heteroatoms. The Morgan fingerprint density at radius 2 is 2.00 bits per heavy atom. The Balaban J connectivity index is 0.00000272. The largest absolute Gasteiger partial charge is 0.352 e. The van der Waals surface area contributed by atoms with Crippen LogP contribution < -0.4 is 10.2 Å². The van der Waals surface area contributed by atoms with Gasteiger partial charge in [-0.3, -0.25) is 4.99 Å². The number of anilines is 1. The lowest BCUT2D eigenvalue weighted by Crippen LogP contribution is -2.52. The van der Waals surface area contributed by atoms with Crippen molar-refractivity contribution in [3.05, 3.63) is 53.9 Å². The number of guanidine groups is 1. The van der Waals surface area contributed by atoms with Crippen molar-refractivity contribution < 1.29 is 0 Å². The Labute approximate surface area is 203 Å². The van der Waals surface area contributed by atoms with E-state index >= 15 is 0 Å². The highest BCUT2D eigenvalue weighted by Crippen LogP contribution is 2.19. The lowest BCUT2D eigenvalue weighted by atomic mass is 10.1. The van der Waals surface area contributed by atoms with Crippen molar-refractivity contribution in [2.45, 2.75) is 26.4 Å². The number of piperazine rings is 1. The third-order valence-corrected chi connectivity index (χ3v) is 5.90. The van der Waals surface area contributed by atoms with E-state index in [1.165, 1.54) is 22.7 Å². The van der Waals surface area contributed by atoms with E-state index in [0.717, 1.165) is 62.6 Å². The molecule has 1 N–H and O–H groups in total. The number of hydrogen-bond acceptors (Lipinski definition) is 7. The van der Waals surface area contributed by atoms with Crippen molar-refractivity contribution in [1.29, 1.82) is 0 Å². The maximum absolute atomic E-state index is 4.61. The monoisotopic (exact) mass is 553 g/mol. The second kappa shape index (κ2) is 11.4. The van der Waals surface area contributed by atoms with E-state index in [9.17, 15) is 0 Å². The fourth-order valence-electron chi connectivity index (χ4n) is 3.48. The van der Waals surface area contributed by atoms with Crippen molar-refractivity contribution in [2.75, 3.05) is 38.1 Å². The Bertz CT molecular complexity index is 965. The third kappa shape index (κ3) is 6.12. The summed E-state index contributed by atoms with van der Waals surface area (Å²) in [5.74, 6) is 1.86. The molecule has 31 heavy (non-hydrogen) atoms. The molecule has 0 spiro atoms. The zero-order valence-electron chi connectivity index (χ0n) is 17.8. The third-order valence-electron chi connectivity index (χ3n) is 5.09. The summed E-state index contributed by atoms with van der Waals surface area (Å²) in [7, 11) is 1.84. The van der Waals surface area contributed by atoms with Gasteiger partial charge in [-0.25, -0.2) is 14.6 Å². The number of aryl methyl sites for hydroxylation is 1. The molecular formula is C20H28IN9S. The van der Waals surface area contributed by atoms with Gasteiger partial charge in [-0.1, -0.05) is 31.2 Å². The predicted octanol–water partition coefficient (Wildman–Crippen LogP) is 2.26. The highest BCUT2D eigenvalue weighted by molar-refractivity contribution is 14.0. The van der Waals surface area contributed by atoms with E-state index in [1.54, 1.807) is 12.7 Å². The summed E-state index contributed by atoms with van der Waals surface area (Å²) in [6, 6.07) is 8.51. The summed E-state index contributed by atoms with van der Waals surface area (Å²) in [6.45, 7) is 7.20. The van der Waals surface area contributed by atoms with Crippen LogP contribution in [-0.4, -0.2) is 68.2 Å². The standard InChI is InChI=1S/C20H27N9S.HI/c1-3-18-25-20(30-26-18)28-9-7-27(8-10-28)19(21-2)23-12-16-5-4-6-17(11-16)13-29-15-22-14-24-29;/h4-6,11,14-15H,3,7-10,12-13H2,1-2H3,(H,21,23);1H. The second-order valence-corrected chi connectivity index (χ2v) is 7.86. The molecule has 166 valence electrons. The molecule has 0 bridgehead atoms. The molecule has 0 aliphatic carbocycles. The van der Waals surface area contributed by atoms with Crippen LogP contribution in [-0.2, 0) is 19.5 Å². The van der Waals surface area contributed by atoms with Gasteiger partial charge in [0, 0.05) is 57.7 Å². The van der Waals surface area contributed by atoms with Gasteiger partial charge in [0.15, 0.2) is 5.96 Å². The molecule has 3 aromatic rings. The van der Waals surface area contributed by atoms with Gasteiger partial charge in [-0.15, -0.1) is 24.0 Å². The fraction of sp³-hybridized carbons (Fsp3) is 0.450. The molecule has 2 aromatic heterocycles. The van der Waals surface area contributed by atoms with E-state index in [1.807, 2.05) is 11.7 Å². The minimum atomic E-state index is 0. The van der Waals surface area contributed by atoms with Gasteiger partial charge in [0.25, 0.3) is 0 Å². The van der Waals surface area contributed by atoms with Crippen molar-refractivity contribution >= 4 is 46.6 Å². The number of hydrogen-bond donors (Lipinski definition) is 1. The number of aliphatic imine (C=N–C) groups is 1. The molecule has 0 unspecified atom stereocenters. The maximum atomic E-state index is 4.61. The topological polar surface area (TPSA) is 87.4 Å². The average molecular weight is 553 g/mol. The zero-order chi connectivity index (χ0) is 20.8. The van der Waals surface area contributed by atoms with Crippen molar-refractivity contribution in [3.63, 3.8) is 0 Å². The quantitative estimate of drug-likeness (QED) is 0.285. The Hall–Kier alpha value is -2.28. The normalized spacial score (nSPS) is 14.5. The molecule has 0 radical (unpaired) electrons. The Kier molecular flexibility index (Phi) is 8.58. The molecule has 0 saturated carbocycles. The smallest absolute Gasteiger partial charge is 0.205 e. The molecule has 1 saturated heterocycles. The van der Waals surface area contributed by atoms with Crippen LogP contribution in [0, 0.1) is 0 Å². The molecule has 3 heterocycles. The van der Waals surface area contributed by atoms with Crippen LogP contribution in [0.1, 0.15) is 23.9 Å². The molecule has 0 atom stereocenters. The minimum absolute atomic E-state index is 0. The molecule has 1 aliphatic heterocycles. The van der Waals surface area contributed by atoms with Crippen molar-refractivity contribution in [3.8, 4) is 0 Å². The summed E-state index contributed by atoms with van der Waals surface area (Å²) >= 11 is 1.50. The highest BCUT2D eigenvalue weighted by Gasteiger charge is 2.22. The maximum Gasteiger partial charge on any atom is 0.205 e. The van der Waals surface area contributed by atoms with Crippen LogP contribution >= 0.6 is 35.5 Å². The van der Waals surface area contributed by atoms with E-state index in [0.29, 0.717) is 0 Å². The van der Waals surface area contributed by atoms with Gasteiger partial charge in [0.05, 0.1) is 6.54 Å². The van der Waals surface area contributed by atoms with Gasteiger partial charge in [0.1, 0.15) is 18.5 Å². The van der Waals surface area contributed by atoms with E-state index in [-0.39, 0.29) is 24.0 Å². The Morgan fingerprint density at radius 1 is 1.19 bits per heavy atom. The van der Waals surface area contributed by atoms with Gasteiger partial charge in [0.2, 0.25) is 5.13 Å². The van der Waals surface area contributed by atoms with Crippen LogP contribution in [0.25, 0.3) is 0 Å². The van der Waals surface area contributed by atoms with Gasteiger partial charge >= 0.3 is 0 Å². The van der Waals surface area contributed by atoms with E-state index in [4.69, 9.17) is 0 Å². The number of aromatic nitrogens is 5. The fourth-order valence-corrected chi connectivity index (χ4v) is 4.28. The number of nitrogens with one attached hydrogen (secondary N) is 1. The van der Waals surface area contributed by atoms with E-state index < -0.39 is 0 Å². The zero-order valence-corrected chi connectivity index (χ0v) is 21.0. The first-order chi connectivity index (χ1) is 14.7. The van der Waals surface area contributed by atoms with Crippen LogP contribution in [0.3, 0.4) is 0 Å². The summed E-state index contributed by atoms with van der Waals surface area (Å²) in [5, 5.41) is 8.71. The number of benzene rings is 1. The molecular weight excluding hydrogens is 525 g/mol. The van der Waals surface area contributed by atoms with Crippen LogP contribution in [0.15, 0.2) is 41.9 Å². The second-order valence-electron chi connectivity index (χ2n) is 7.13. The van der Waals surface area contributed by atoms with Crippen molar-refractivity contribution in [1.82, 2.24) is 34.3 Å². The molecule has 1 aromatic carbocycles. The highest BCUT2D eigenvalue weighted by atomic mass is 127. The van der Waals surface area contributed by atoms with Gasteiger partial charge < -0.3 is 15.1 Å². The van der Waals surface area contributed by atoms with Crippen LogP contribution in [0.4, 0.5) is 5.13 Å². The summed E-state index contributed by atoms with van der Waals surface area (Å²) in [5.41, 5.74) is 2.42. The first-order valence-corrected chi connectivity index (χ1v) is 11.0. The summed E-state index contributed by atoms with van der Waals surface area (Å²) in [6.07, 6.45) is 4.17. The number of nitrogens with zero attached hydrogens (tertiary/aromatic N) is 8. The van der Waals surface area contributed by atoms with Crippen molar-refractivity contribution in [2.24, 2.45) is 4.99 Å². The summed E-state index contributed by atoms with van der Waals surface area (Å²) < 4.78 is 6.23. The predicted molar refractivity (Wildman–Crippen MR) is 134 cm³/mol. The molecule has 1 fully saturated rings. The average Bonchev–Trinajstić information content (AvgIpc) is 3.47. The van der Waals surface area contributed by atoms with Crippen LogP contribution in [0.2, 0.25) is 0 Å². The van der Waals surface area contributed by atoms with E-state index in [2.05, 4.69) is 70.7 Å². The lowest BCUT2D eigenvalue weighted by Gasteiger charge is -2.36. The van der Waals surface area contributed by atoms with Gasteiger partial charge in [-0.2, -0.15) is 9.47 Å². The molecule has 1 aliphatic rings. The molecule has 0 amide bonds. The molecule has 9 nitrogen and oxygen atoms in total. The van der Waals surface area contributed by atoms with Gasteiger partial charge in [-0.05, 0) is 11.1 Å². The summed E-state index contributed by atoms with van der Waals surface area (Å²) in [4.78, 5) is 17.7. The molecule has 4 rings (SSSR count). The first-order valence-electron chi connectivity index (χ1n) is 10.2. The Morgan fingerprint density at radius 3 is 2.68 bits per heavy atom. The number of rotatable bonds is 6. The van der Waals surface area contributed by atoms with Crippen LogP contribution in [0.5, 0.6) is 0 Å². The first kappa shape index (κ1) is 23.4. The minimum Gasteiger partial charge on any atom is -0.352 e. The number of halogens is 1. The SMILES string of the molecule is CCc1nsc(N2CCN(C(=NC)NCc3cccc(Cn4cncn4)c3)CC2)n1.I.